The van der Waals surface area contributed by atoms with Gasteiger partial charge in [-0.05, 0) is 31.2 Å². The van der Waals surface area contributed by atoms with Crippen LogP contribution < -0.4 is 5.32 Å². The standard InChI is InChI=1S/C13H24N2S/c1-10(2)5-6-13-15-9-12(16-13)8-14-7-11(3)4/h9-11,14H,5-8H2,1-4H3. The Morgan fingerprint density at radius 2 is 2.00 bits per heavy atom. The third-order valence-corrected chi connectivity index (χ3v) is 3.45. The van der Waals surface area contributed by atoms with Crippen molar-refractivity contribution in [2.24, 2.45) is 11.8 Å². The molecule has 1 N–H and O–H groups in total. The van der Waals surface area contributed by atoms with Gasteiger partial charge in [0.15, 0.2) is 0 Å². The van der Waals surface area contributed by atoms with Crippen LogP contribution >= 0.6 is 11.3 Å². The average molecular weight is 240 g/mol. The van der Waals surface area contributed by atoms with Crippen molar-refractivity contribution in [1.29, 1.82) is 0 Å². The van der Waals surface area contributed by atoms with Crippen LogP contribution in [0.1, 0.15) is 44.0 Å². The van der Waals surface area contributed by atoms with E-state index in [1.807, 2.05) is 17.5 Å². The quantitative estimate of drug-likeness (QED) is 0.789. The minimum absolute atomic E-state index is 0.716. The van der Waals surface area contributed by atoms with Gasteiger partial charge >= 0.3 is 0 Å². The number of rotatable bonds is 7. The first-order valence-corrected chi connectivity index (χ1v) is 7.04. The number of hydrogen-bond acceptors (Lipinski definition) is 3. The molecule has 1 heterocycles. The fourth-order valence-corrected chi connectivity index (χ4v) is 2.35. The molecule has 0 aromatic carbocycles. The highest BCUT2D eigenvalue weighted by atomic mass is 32.1. The number of aryl methyl sites for hydroxylation is 1. The Morgan fingerprint density at radius 1 is 1.25 bits per heavy atom. The molecule has 92 valence electrons. The van der Waals surface area contributed by atoms with Crippen LogP contribution in [0.2, 0.25) is 0 Å². The van der Waals surface area contributed by atoms with Gasteiger partial charge < -0.3 is 5.32 Å². The van der Waals surface area contributed by atoms with Crippen LogP contribution in [-0.4, -0.2) is 11.5 Å². The van der Waals surface area contributed by atoms with Gasteiger partial charge in [0.25, 0.3) is 0 Å². The highest BCUT2D eigenvalue weighted by Crippen LogP contribution is 2.16. The van der Waals surface area contributed by atoms with Crippen molar-refractivity contribution in [3.8, 4) is 0 Å². The van der Waals surface area contributed by atoms with Crippen LogP contribution in [0.5, 0.6) is 0 Å². The SMILES string of the molecule is CC(C)CCc1ncc(CNCC(C)C)s1. The maximum absolute atomic E-state index is 4.46. The molecule has 0 radical (unpaired) electrons. The Morgan fingerprint density at radius 3 is 2.62 bits per heavy atom. The van der Waals surface area contributed by atoms with Gasteiger partial charge in [0.1, 0.15) is 0 Å². The van der Waals surface area contributed by atoms with Crippen LogP contribution in [0, 0.1) is 11.8 Å². The fourth-order valence-electron chi connectivity index (χ4n) is 1.44. The van der Waals surface area contributed by atoms with Crippen LogP contribution in [0.25, 0.3) is 0 Å². The van der Waals surface area contributed by atoms with Crippen LogP contribution in [-0.2, 0) is 13.0 Å². The van der Waals surface area contributed by atoms with Crippen molar-refractivity contribution in [2.45, 2.75) is 47.1 Å². The number of aromatic nitrogens is 1. The fraction of sp³-hybridized carbons (Fsp3) is 0.769. The van der Waals surface area contributed by atoms with E-state index in [0.717, 1.165) is 25.4 Å². The molecule has 1 aromatic heterocycles. The van der Waals surface area contributed by atoms with E-state index in [-0.39, 0.29) is 0 Å². The summed E-state index contributed by atoms with van der Waals surface area (Å²) in [4.78, 5) is 5.82. The van der Waals surface area contributed by atoms with Crippen molar-refractivity contribution >= 4 is 11.3 Å². The number of nitrogens with zero attached hydrogens (tertiary/aromatic N) is 1. The summed E-state index contributed by atoms with van der Waals surface area (Å²) in [5.74, 6) is 1.49. The third-order valence-electron chi connectivity index (χ3n) is 2.39. The zero-order valence-electron chi connectivity index (χ0n) is 10.9. The van der Waals surface area contributed by atoms with Crippen molar-refractivity contribution in [3.05, 3.63) is 16.1 Å². The molecular formula is C13H24N2S. The number of thiazole rings is 1. The lowest BCUT2D eigenvalue weighted by atomic mass is 10.1. The van der Waals surface area contributed by atoms with Gasteiger partial charge in [0.05, 0.1) is 5.01 Å². The molecule has 1 rings (SSSR count). The summed E-state index contributed by atoms with van der Waals surface area (Å²) in [6.07, 6.45) is 4.40. The van der Waals surface area contributed by atoms with Crippen molar-refractivity contribution < 1.29 is 0 Å². The van der Waals surface area contributed by atoms with Gasteiger partial charge in [-0.25, -0.2) is 4.98 Å². The van der Waals surface area contributed by atoms with E-state index >= 15 is 0 Å². The molecule has 0 spiro atoms. The van der Waals surface area contributed by atoms with Gasteiger partial charge in [-0.1, -0.05) is 27.7 Å². The predicted octanol–water partition coefficient (Wildman–Crippen LogP) is 3.48. The molecule has 0 saturated heterocycles. The predicted molar refractivity (Wildman–Crippen MR) is 71.8 cm³/mol. The van der Waals surface area contributed by atoms with Crippen molar-refractivity contribution in [1.82, 2.24) is 10.3 Å². The first kappa shape index (κ1) is 13.7. The maximum atomic E-state index is 4.46. The average Bonchev–Trinajstić information content (AvgIpc) is 2.62. The molecule has 0 atom stereocenters. The Labute approximate surface area is 103 Å². The van der Waals surface area contributed by atoms with E-state index in [1.165, 1.54) is 16.3 Å². The Hall–Kier alpha value is -0.410. The molecule has 0 unspecified atom stereocenters. The first-order chi connectivity index (χ1) is 7.58. The Balaban J connectivity index is 2.28. The summed E-state index contributed by atoms with van der Waals surface area (Å²) in [5.41, 5.74) is 0. The molecule has 0 bridgehead atoms. The molecule has 0 aliphatic carbocycles. The van der Waals surface area contributed by atoms with Gasteiger partial charge in [-0.2, -0.15) is 0 Å². The highest BCUT2D eigenvalue weighted by Gasteiger charge is 2.03. The second kappa shape index (κ2) is 7.02. The van der Waals surface area contributed by atoms with E-state index < -0.39 is 0 Å². The molecule has 0 aliphatic heterocycles. The lowest BCUT2D eigenvalue weighted by molar-refractivity contribution is 0.554. The van der Waals surface area contributed by atoms with E-state index in [2.05, 4.69) is 38.0 Å². The van der Waals surface area contributed by atoms with Gasteiger partial charge in [0.2, 0.25) is 0 Å². The zero-order chi connectivity index (χ0) is 12.0. The summed E-state index contributed by atoms with van der Waals surface area (Å²) >= 11 is 1.85. The molecule has 1 aromatic rings. The third kappa shape index (κ3) is 5.61. The molecule has 0 fully saturated rings. The van der Waals surface area contributed by atoms with Crippen molar-refractivity contribution in [3.63, 3.8) is 0 Å². The molecule has 2 nitrogen and oxygen atoms in total. The van der Waals surface area contributed by atoms with Crippen molar-refractivity contribution in [2.75, 3.05) is 6.54 Å². The second-order valence-corrected chi connectivity index (χ2v) is 6.38. The van der Waals surface area contributed by atoms with Gasteiger partial charge in [-0.3, -0.25) is 0 Å². The van der Waals surface area contributed by atoms with E-state index in [0.29, 0.717) is 5.92 Å². The minimum atomic E-state index is 0.716. The van der Waals surface area contributed by atoms with Crippen LogP contribution in [0.4, 0.5) is 0 Å². The molecule has 0 amide bonds. The Bertz CT molecular complexity index is 292. The minimum Gasteiger partial charge on any atom is -0.312 e. The van der Waals surface area contributed by atoms with E-state index in [4.69, 9.17) is 0 Å². The molecular weight excluding hydrogens is 216 g/mol. The largest absolute Gasteiger partial charge is 0.312 e. The smallest absolute Gasteiger partial charge is 0.0928 e. The monoisotopic (exact) mass is 240 g/mol. The zero-order valence-corrected chi connectivity index (χ0v) is 11.7. The summed E-state index contributed by atoms with van der Waals surface area (Å²) in [5, 5.41) is 4.74. The lowest BCUT2D eigenvalue weighted by Gasteiger charge is -2.04. The first-order valence-electron chi connectivity index (χ1n) is 6.22. The van der Waals surface area contributed by atoms with E-state index in [9.17, 15) is 0 Å². The maximum Gasteiger partial charge on any atom is 0.0928 e. The Kier molecular flexibility index (Phi) is 5.99. The normalized spacial score (nSPS) is 11.6. The lowest BCUT2D eigenvalue weighted by Crippen LogP contribution is -2.18. The van der Waals surface area contributed by atoms with E-state index in [1.54, 1.807) is 0 Å². The van der Waals surface area contributed by atoms with Gasteiger partial charge in [0, 0.05) is 17.6 Å². The number of nitrogens with one attached hydrogen (secondary N) is 1. The topological polar surface area (TPSA) is 24.9 Å². The number of hydrogen-bond donors (Lipinski definition) is 1. The van der Waals surface area contributed by atoms with Gasteiger partial charge in [-0.15, -0.1) is 11.3 Å². The molecule has 16 heavy (non-hydrogen) atoms. The van der Waals surface area contributed by atoms with Crippen LogP contribution in [0.3, 0.4) is 0 Å². The summed E-state index contributed by atoms with van der Waals surface area (Å²) in [7, 11) is 0. The summed E-state index contributed by atoms with van der Waals surface area (Å²) < 4.78 is 0. The highest BCUT2D eigenvalue weighted by molar-refractivity contribution is 7.11. The van der Waals surface area contributed by atoms with Crippen LogP contribution in [0.15, 0.2) is 6.20 Å². The summed E-state index contributed by atoms with van der Waals surface area (Å²) in [6.45, 7) is 11.0. The summed E-state index contributed by atoms with van der Waals surface area (Å²) in [6, 6.07) is 0. The second-order valence-electron chi connectivity index (χ2n) is 5.18. The molecule has 0 saturated carbocycles. The molecule has 0 aliphatic rings. The molecule has 3 heteroatoms.